The van der Waals surface area contributed by atoms with Gasteiger partial charge in [-0.05, 0) is 36.2 Å². The van der Waals surface area contributed by atoms with E-state index in [9.17, 15) is 14.4 Å². The van der Waals surface area contributed by atoms with E-state index in [2.05, 4.69) is 15.7 Å². The third-order valence-corrected chi connectivity index (χ3v) is 6.49. The van der Waals surface area contributed by atoms with E-state index in [0.29, 0.717) is 27.8 Å². The summed E-state index contributed by atoms with van der Waals surface area (Å²) >= 11 is 1.44. The number of aromatic nitrogens is 1. The average molecular weight is 446 g/mol. The number of para-hydroxylation sites is 1. The van der Waals surface area contributed by atoms with Crippen LogP contribution in [0, 0.1) is 0 Å². The SMILES string of the molecule is CC[C@@]1(c2ccccc2)NC(=O)N(NC(=O)c2ccc(-c3nc4ccccc4s3)o2)C1=O. The van der Waals surface area contributed by atoms with Crippen LogP contribution in [0.15, 0.2) is 71.1 Å². The van der Waals surface area contributed by atoms with Crippen molar-refractivity contribution in [2.75, 3.05) is 0 Å². The number of hydrogen-bond donors (Lipinski definition) is 2. The van der Waals surface area contributed by atoms with Gasteiger partial charge in [0.2, 0.25) is 0 Å². The molecular formula is C23H18N4O4S. The highest BCUT2D eigenvalue weighted by atomic mass is 32.1. The van der Waals surface area contributed by atoms with Crippen molar-refractivity contribution in [2.24, 2.45) is 0 Å². The van der Waals surface area contributed by atoms with Crippen LogP contribution in [0.4, 0.5) is 4.79 Å². The first-order valence-corrected chi connectivity index (χ1v) is 10.8. The first-order valence-electron chi connectivity index (χ1n) is 10.0. The van der Waals surface area contributed by atoms with Crippen molar-refractivity contribution in [3.8, 4) is 10.8 Å². The number of carbonyl (C=O) groups excluding carboxylic acids is 3. The standard InChI is InChI=1S/C23H18N4O4S/c1-2-23(14-8-4-3-5-9-14)21(29)27(22(30)25-23)26-19(28)16-12-13-17(31-16)20-24-15-10-6-7-11-18(15)32-20/h3-13H,2H2,1H3,(H,25,30)(H,26,28)/t23-/m0/s1. The van der Waals surface area contributed by atoms with Crippen LogP contribution >= 0.6 is 11.3 Å². The third kappa shape index (κ3) is 3.14. The molecule has 1 aliphatic rings. The fourth-order valence-corrected chi connectivity index (χ4v) is 4.68. The topological polar surface area (TPSA) is 105 Å². The number of urea groups is 1. The second-order valence-electron chi connectivity index (χ2n) is 7.29. The van der Waals surface area contributed by atoms with Gasteiger partial charge in [-0.15, -0.1) is 11.3 Å². The number of fused-ring (bicyclic) bond motifs is 1. The molecule has 32 heavy (non-hydrogen) atoms. The number of hydrazine groups is 1. The first-order chi connectivity index (χ1) is 15.5. The molecule has 0 spiro atoms. The molecule has 1 atom stereocenters. The van der Waals surface area contributed by atoms with E-state index in [0.717, 1.165) is 10.2 Å². The molecule has 9 heteroatoms. The van der Waals surface area contributed by atoms with Gasteiger partial charge in [-0.2, -0.15) is 5.01 Å². The molecule has 160 valence electrons. The highest BCUT2D eigenvalue weighted by Crippen LogP contribution is 2.33. The summed E-state index contributed by atoms with van der Waals surface area (Å²) in [6, 6.07) is 19.0. The van der Waals surface area contributed by atoms with Gasteiger partial charge in [0.05, 0.1) is 10.2 Å². The zero-order valence-electron chi connectivity index (χ0n) is 17.0. The fourth-order valence-electron chi connectivity index (χ4n) is 3.75. The summed E-state index contributed by atoms with van der Waals surface area (Å²) in [7, 11) is 0. The van der Waals surface area contributed by atoms with Crippen LogP contribution in [0.2, 0.25) is 0 Å². The predicted molar refractivity (Wildman–Crippen MR) is 119 cm³/mol. The lowest BCUT2D eigenvalue weighted by Crippen LogP contribution is -2.48. The van der Waals surface area contributed by atoms with Gasteiger partial charge in [-0.1, -0.05) is 49.4 Å². The summed E-state index contributed by atoms with van der Waals surface area (Å²) in [4.78, 5) is 43.0. The zero-order valence-corrected chi connectivity index (χ0v) is 17.8. The van der Waals surface area contributed by atoms with Crippen molar-refractivity contribution < 1.29 is 18.8 Å². The zero-order chi connectivity index (χ0) is 22.3. The van der Waals surface area contributed by atoms with Crippen molar-refractivity contribution in [2.45, 2.75) is 18.9 Å². The van der Waals surface area contributed by atoms with Crippen molar-refractivity contribution in [1.82, 2.24) is 20.7 Å². The molecule has 2 aromatic carbocycles. The smallest absolute Gasteiger partial charge is 0.344 e. The summed E-state index contributed by atoms with van der Waals surface area (Å²) in [6.07, 6.45) is 0.330. The summed E-state index contributed by atoms with van der Waals surface area (Å²) in [5.74, 6) is -0.863. The molecule has 4 amide bonds. The van der Waals surface area contributed by atoms with E-state index in [1.165, 1.54) is 17.4 Å². The number of benzene rings is 2. The van der Waals surface area contributed by atoms with Crippen molar-refractivity contribution in [3.63, 3.8) is 0 Å². The number of rotatable bonds is 5. The maximum absolute atomic E-state index is 13.2. The summed E-state index contributed by atoms with van der Waals surface area (Å²) in [5.41, 5.74) is 2.62. The van der Waals surface area contributed by atoms with Crippen LogP contribution < -0.4 is 10.7 Å². The lowest BCUT2D eigenvalue weighted by Gasteiger charge is -2.25. The first kappa shape index (κ1) is 20.0. The van der Waals surface area contributed by atoms with Gasteiger partial charge in [0.25, 0.3) is 5.91 Å². The molecule has 8 nitrogen and oxygen atoms in total. The Balaban J connectivity index is 1.37. The summed E-state index contributed by atoms with van der Waals surface area (Å²) in [6.45, 7) is 1.80. The molecule has 2 N–H and O–H groups in total. The Morgan fingerprint density at radius 3 is 2.59 bits per heavy atom. The highest BCUT2D eigenvalue weighted by Gasteiger charge is 2.52. The molecule has 0 radical (unpaired) electrons. The molecule has 5 rings (SSSR count). The van der Waals surface area contributed by atoms with Crippen LogP contribution in [0.25, 0.3) is 21.0 Å². The Bertz CT molecular complexity index is 1310. The van der Waals surface area contributed by atoms with Gasteiger partial charge < -0.3 is 9.73 Å². The lowest BCUT2D eigenvalue weighted by molar-refractivity contribution is -0.133. The number of nitrogens with one attached hydrogen (secondary N) is 2. The van der Waals surface area contributed by atoms with Crippen molar-refractivity contribution in [3.05, 3.63) is 78.1 Å². The number of nitrogens with zero attached hydrogens (tertiary/aromatic N) is 2. The molecule has 2 aromatic heterocycles. The van der Waals surface area contributed by atoms with E-state index in [1.807, 2.05) is 30.3 Å². The summed E-state index contributed by atoms with van der Waals surface area (Å²) < 4.78 is 6.67. The molecule has 1 aliphatic heterocycles. The predicted octanol–water partition coefficient (Wildman–Crippen LogP) is 4.06. The summed E-state index contributed by atoms with van der Waals surface area (Å²) in [5, 5.41) is 4.06. The second kappa shape index (κ2) is 7.61. The number of imide groups is 1. The van der Waals surface area contributed by atoms with E-state index < -0.39 is 23.4 Å². The minimum atomic E-state index is -1.24. The van der Waals surface area contributed by atoms with Crippen LogP contribution in [0.1, 0.15) is 29.5 Å². The number of carbonyl (C=O) groups is 3. The molecule has 1 fully saturated rings. The Labute approximate surface area is 186 Å². The third-order valence-electron chi connectivity index (χ3n) is 5.44. The minimum absolute atomic E-state index is 0.0337. The molecule has 1 saturated heterocycles. The Morgan fingerprint density at radius 2 is 1.84 bits per heavy atom. The van der Waals surface area contributed by atoms with Gasteiger partial charge >= 0.3 is 11.9 Å². The van der Waals surface area contributed by atoms with E-state index >= 15 is 0 Å². The van der Waals surface area contributed by atoms with Gasteiger partial charge in [-0.3, -0.25) is 9.59 Å². The molecular weight excluding hydrogens is 428 g/mol. The quantitative estimate of drug-likeness (QED) is 0.450. The lowest BCUT2D eigenvalue weighted by atomic mass is 9.87. The molecule has 0 aliphatic carbocycles. The van der Waals surface area contributed by atoms with Crippen molar-refractivity contribution in [1.29, 1.82) is 0 Å². The number of furan rings is 1. The van der Waals surface area contributed by atoms with Crippen LogP contribution in [0.5, 0.6) is 0 Å². The van der Waals surface area contributed by atoms with Crippen LogP contribution in [0.3, 0.4) is 0 Å². The van der Waals surface area contributed by atoms with E-state index in [1.54, 1.807) is 37.3 Å². The maximum atomic E-state index is 13.2. The number of amides is 4. The molecule has 0 bridgehead atoms. The number of thiazole rings is 1. The van der Waals surface area contributed by atoms with E-state index in [-0.39, 0.29) is 5.76 Å². The monoisotopic (exact) mass is 446 g/mol. The molecule has 0 saturated carbocycles. The second-order valence-corrected chi connectivity index (χ2v) is 8.32. The Kier molecular flexibility index (Phi) is 4.75. The van der Waals surface area contributed by atoms with Crippen LogP contribution in [-0.2, 0) is 10.3 Å². The van der Waals surface area contributed by atoms with Crippen molar-refractivity contribution >= 4 is 39.4 Å². The van der Waals surface area contributed by atoms with Gasteiger partial charge in [0, 0.05) is 0 Å². The Morgan fingerprint density at radius 1 is 1.09 bits per heavy atom. The molecule has 0 unspecified atom stereocenters. The molecule has 3 heterocycles. The molecule has 4 aromatic rings. The fraction of sp³-hybridized carbons (Fsp3) is 0.130. The number of hydrogen-bond acceptors (Lipinski definition) is 6. The van der Waals surface area contributed by atoms with Gasteiger partial charge in [0.1, 0.15) is 5.54 Å². The van der Waals surface area contributed by atoms with Gasteiger partial charge in [-0.25, -0.2) is 15.2 Å². The minimum Gasteiger partial charge on any atom is -0.448 e. The highest BCUT2D eigenvalue weighted by molar-refractivity contribution is 7.21. The maximum Gasteiger partial charge on any atom is 0.344 e. The largest absolute Gasteiger partial charge is 0.448 e. The van der Waals surface area contributed by atoms with E-state index in [4.69, 9.17) is 4.42 Å². The normalized spacial score (nSPS) is 18.2. The van der Waals surface area contributed by atoms with Gasteiger partial charge in [0.15, 0.2) is 16.5 Å². The average Bonchev–Trinajstić information content (AvgIpc) is 3.52. The van der Waals surface area contributed by atoms with Crippen LogP contribution in [-0.4, -0.2) is 27.8 Å². The Hall–Kier alpha value is -3.98.